The lowest BCUT2D eigenvalue weighted by molar-refractivity contribution is -0.112. The summed E-state index contributed by atoms with van der Waals surface area (Å²) < 4.78 is 51.9. The molecule has 0 aliphatic heterocycles. The average Bonchev–Trinajstić information content (AvgIpc) is 2.47. The number of amides is 1. The Labute approximate surface area is 124 Å². The van der Waals surface area contributed by atoms with E-state index in [0.29, 0.717) is 6.08 Å². The summed E-state index contributed by atoms with van der Waals surface area (Å²) in [6, 6.07) is 11.7. The summed E-state index contributed by atoms with van der Waals surface area (Å²) in [6.07, 6.45) is -4.18. The normalized spacial score (nSPS) is 12.1. The van der Waals surface area contributed by atoms with Crippen LogP contribution in [0.2, 0.25) is 0 Å². The highest BCUT2D eigenvalue weighted by atomic mass is 19.4. The number of hydrogen-bond acceptors (Lipinski definition) is 1. The van der Waals surface area contributed by atoms with Gasteiger partial charge in [0.25, 0.3) is 0 Å². The summed E-state index contributed by atoms with van der Waals surface area (Å²) in [5, 5.41) is 2.26. The molecule has 0 bridgehead atoms. The molecule has 0 radical (unpaired) electrons. The molecule has 0 fully saturated rings. The highest BCUT2D eigenvalue weighted by Crippen LogP contribution is 2.33. The summed E-state index contributed by atoms with van der Waals surface area (Å²) in [5.41, 5.74) is -0.950. The number of benzene rings is 2. The van der Waals surface area contributed by atoms with Crippen LogP contribution in [0.1, 0.15) is 5.56 Å². The van der Waals surface area contributed by atoms with Crippen LogP contribution in [-0.4, -0.2) is 12.1 Å². The lowest BCUT2D eigenvalue weighted by Crippen LogP contribution is -2.16. The monoisotopic (exact) mass is 309 g/mol. The minimum Gasteiger partial charge on any atom is -0.322 e. The Hall–Kier alpha value is -2.63. The van der Waals surface area contributed by atoms with Crippen LogP contribution in [-0.2, 0) is 4.79 Å². The van der Waals surface area contributed by atoms with Crippen molar-refractivity contribution in [1.29, 1.82) is 0 Å². The minimum atomic E-state index is -4.67. The van der Waals surface area contributed by atoms with Gasteiger partial charge in [-0.3, -0.25) is 4.79 Å². The van der Waals surface area contributed by atoms with Gasteiger partial charge in [0, 0.05) is 11.8 Å². The van der Waals surface area contributed by atoms with Gasteiger partial charge in [-0.15, -0.1) is 0 Å². The van der Waals surface area contributed by atoms with E-state index in [2.05, 4.69) is 5.32 Å². The average molecular weight is 309 g/mol. The van der Waals surface area contributed by atoms with E-state index in [1.807, 2.05) is 0 Å². The molecule has 0 heterocycles. The van der Waals surface area contributed by atoms with Gasteiger partial charge in [0.1, 0.15) is 5.82 Å². The second-order valence-corrected chi connectivity index (χ2v) is 4.42. The van der Waals surface area contributed by atoms with E-state index >= 15 is 0 Å². The Morgan fingerprint density at radius 2 is 1.55 bits per heavy atom. The highest BCUT2D eigenvalue weighted by molar-refractivity contribution is 6.04. The number of carbonyl (C=O) groups is 1. The molecule has 1 N–H and O–H groups in total. The van der Waals surface area contributed by atoms with Crippen molar-refractivity contribution in [3.8, 4) is 0 Å². The predicted molar refractivity (Wildman–Crippen MR) is 75.5 cm³/mol. The summed E-state index contributed by atoms with van der Waals surface area (Å²) in [6.45, 7) is 0. The lowest BCUT2D eigenvalue weighted by Gasteiger charge is -2.12. The SMILES string of the molecule is O=C(/C=C(/c1ccccc1)C(F)(F)F)Nc1ccc(F)cc1. The largest absolute Gasteiger partial charge is 0.417 e. The molecule has 0 saturated heterocycles. The predicted octanol–water partition coefficient (Wildman–Crippen LogP) is 4.41. The first-order chi connectivity index (χ1) is 10.4. The fraction of sp³-hybridized carbons (Fsp3) is 0.0625. The third-order valence-electron chi connectivity index (χ3n) is 2.78. The van der Waals surface area contributed by atoms with E-state index in [1.165, 1.54) is 36.4 Å². The van der Waals surface area contributed by atoms with Crippen LogP contribution in [0.5, 0.6) is 0 Å². The smallest absolute Gasteiger partial charge is 0.322 e. The van der Waals surface area contributed by atoms with Gasteiger partial charge in [-0.05, 0) is 29.8 Å². The molecule has 0 aliphatic rings. The van der Waals surface area contributed by atoms with E-state index in [-0.39, 0.29) is 11.3 Å². The number of anilines is 1. The van der Waals surface area contributed by atoms with Crippen LogP contribution >= 0.6 is 0 Å². The molecule has 2 rings (SSSR count). The maximum Gasteiger partial charge on any atom is 0.417 e. The minimum absolute atomic E-state index is 0.107. The zero-order valence-electron chi connectivity index (χ0n) is 11.2. The molecule has 114 valence electrons. The van der Waals surface area contributed by atoms with Crippen molar-refractivity contribution in [3.63, 3.8) is 0 Å². The number of nitrogens with one attached hydrogen (secondary N) is 1. The second-order valence-electron chi connectivity index (χ2n) is 4.42. The number of rotatable bonds is 3. The maximum absolute atomic E-state index is 13.1. The molecule has 0 aromatic heterocycles. The van der Waals surface area contributed by atoms with Crippen molar-refractivity contribution in [2.45, 2.75) is 6.18 Å². The highest BCUT2D eigenvalue weighted by Gasteiger charge is 2.35. The van der Waals surface area contributed by atoms with Crippen molar-refractivity contribution < 1.29 is 22.4 Å². The molecular weight excluding hydrogens is 298 g/mol. The molecule has 22 heavy (non-hydrogen) atoms. The summed E-state index contributed by atoms with van der Waals surface area (Å²) in [4.78, 5) is 11.7. The van der Waals surface area contributed by atoms with E-state index in [0.717, 1.165) is 12.1 Å². The Morgan fingerprint density at radius 3 is 2.09 bits per heavy atom. The van der Waals surface area contributed by atoms with E-state index < -0.39 is 23.5 Å². The van der Waals surface area contributed by atoms with Crippen molar-refractivity contribution in [2.24, 2.45) is 0 Å². The van der Waals surface area contributed by atoms with Crippen molar-refractivity contribution >= 4 is 17.2 Å². The first kappa shape index (κ1) is 15.8. The van der Waals surface area contributed by atoms with E-state index in [9.17, 15) is 22.4 Å². The molecule has 0 unspecified atom stereocenters. The summed E-state index contributed by atoms with van der Waals surface area (Å²) in [5.74, 6) is -1.45. The van der Waals surface area contributed by atoms with E-state index in [1.54, 1.807) is 6.07 Å². The van der Waals surface area contributed by atoms with Crippen LogP contribution in [0.4, 0.5) is 23.2 Å². The van der Waals surface area contributed by atoms with Gasteiger partial charge in [-0.25, -0.2) is 4.39 Å². The van der Waals surface area contributed by atoms with Gasteiger partial charge >= 0.3 is 6.18 Å². The van der Waals surface area contributed by atoms with Gasteiger partial charge in [-0.2, -0.15) is 13.2 Å². The zero-order chi connectivity index (χ0) is 16.2. The number of hydrogen-bond donors (Lipinski definition) is 1. The quantitative estimate of drug-likeness (QED) is 0.660. The Balaban J connectivity index is 2.26. The lowest BCUT2D eigenvalue weighted by atomic mass is 10.1. The van der Waals surface area contributed by atoms with Gasteiger partial charge in [0.15, 0.2) is 0 Å². The first-order valence-corrected chi connectivity index (χ1v) is 6.27. The molecule has 0 spiro atoms. The molecule has 0 aliphatic carbocycles. The van der Waals surface area contributed by atoms with Gasteiger partial charge in [-0.1, -0.05) is 30.3 Å². The number of allylic oxidation sites excluding steroid dienone is 1. The van der Waals surface area contributed by atoms with Crippen molar-refractivity contribution in [2.75, 3.05) is 5.32 Å². The third kappa shape index (κ3) is 4.18. The molecular formula is C16H11F4NO. The van der Waals surface area contributed by atoms with Crippen molar-refractivity contribution in [3.05, 3.63) is 72.1 Å². The number of alkyl halides is 3. The van der Waals surface area contributed by atoms with Crippen LogP contribution in [0.25, 0.3) is 5.57 Å². The fourth-order valence-electron chi connectivity index (χ4n) is 1.79. The van der Waals surface area contributed by atoms with Gasteiger partial charge in [0.2, 0.25) is 5.91 Å². The summed E-state index contributed by atoms with van der Waals surface area (Å²) in [7, 11) is 0. The molecule has 1 amide bonds. The van der Waals surface area contributed by atoms with Crippen LogP contribution < -0.4 is 5.32 Å². The molecule has 2 aromatic carbocycles. The van der Waals surface area contributed by atoms with Crippen LogP contribution in [0.3, 0.4) is 0 Å². The molecule has 0 atom stereocenters. The fourth-order valence-corrected chi connectivity index (χ4v) is 1.79. The topological polar surface area (TPSA) is 29.1 Å². The Morgan fingerprint density at radius 1 is 0.955 bits per heavy atom. The number of halogens is 4. The molecule has 0 saturated carbocycles. The Bertz CT molecular complexity index is 676. The molecule has 2 nitrogen and oxygen atoms in total. The van der Waals surface area contributed by atoms with Crippen molar-refractivity contribution in [1.82, 2.24) is 0 Å². The van der Waals surface area contributed by atoms with Crippen LogP contribution in [0, 0.1) is 5.82 Å². The standard InChI is InChI=1S/C16H11F4NO/c17-12-6-8-13(9-7-12)21-15(22)10-14(16(18,19)20)11-4-2-1-3-5-11/h1-10H,(H,21,22)/b14-10-. The number of carbonyl (C=O) groups excluding carboxylic acids is 1. The molecule has 2 aromatic rings. The van der Waals surface area contributed by atoms with Crippen LogP contribution in [0.15, 0.2) is 60.7 Å². The first-order valence-electron chi connectivity index (χ1n) is 6.27. The van der Waals surface area contributed by atoms with E-state index in [4.69, 9.17) is 0 Å². The summed E-state index contributed by atoms with van der Waals surface area (Å²) >= 11 is 0. The Kier molecular flexibility index (Phi) is 4.60. The van der Waals surface area contributed by atoms with Gasteiger partial charge in [0.05, 0.1) is 5.57 Å². The maximum atomic E-state index is 13.1. The zero-order valence-corrected chi connectivity index (χ0v) is 11.2. The molecule has 6 heteroatoms. The van der Waals surface area contributed by atoms with Gasteiger partial charge < -0.3 is 5.32 Å². The second kappa shape index (κ2) is 6.43. The third-order valence-corrected chi connectivity index (χ3v) is 2.78.